The summed E-state index contributed by atoms with van der Waals surface area (Å²) in [6.45, 7) is 5.10. The summed E-state index contributed by atoms with van der Waals surface area (Å²) in [5.74, 6) is 0. The first-order chi connectivity index (χ1) is 12.8. The van der Waals surface area contributed by atoms with Gasteiger partial charge in [-0.15, -0.1) is 11.3 Å². The smallest absolute Gasteiger partial charge is 0.0972 e. The molecule has 4 rings (SSSR count). The minimum absolute atomic E-state index is 0.804. The fourth-order valence-electron chi connectivity index (χ4n) is 3.34. The maximum atomic E-state index is 6.12. The molecule has 0 radical (unpaired) electrons. The molecule has 0 aliphatic carbocycles. The molecule has 1 fully saturated rings. The Kier molecular flexibility index (Phi) is 5.54. The SMILES string of the molecule is Clc1cccc(N2CCN(Cc3csc(Cc4ccccc4)n3)CC2)c1. The van der Waals surface area contributed by atoms with Gasteiger partial charge in [0.25, 0.3) is 0 Å². The second kappa shape index (κ2) is 8.21. The van der Waals surface area contributed by atoms with E-state index >= 15 is 0 Å². The van der Waals surface area contributed by atoms with Crippen molar-refractivity contribution in [1.82, 2.24) is 9.88 Å². The van der Waals surface area contributed by atoms with E-state index in [-0.39, 0.29) is 0 Å². The quantitative estimate of drug-likeness (QED) is 0.636. The molecule has 0 bridgehead atoms. The van der Waals surface area contributed by atoms with Crippen molar-refractivity contribution >= 4 is 28.6 Å². The zero-order valence-corrected chi connectivity index (χ0v) is 16.2. The molecule has 3 nitrogen and oxygen atoms in total. The van der Waals surface area contributed by atoms with Crippen LogP contribution >= 0.6 is 22.9 Å². The standard InChI is InChI=1S/C21H22ClN3S/c22-18-7-4-8-20(14-18)25-11-9-24(10-12-25)15-19-16-26-21(23-19)13-17-5-2-1-3-6-17/h1-8,14,16H,9-13,15H2. The predicted octanol–water partition coefficient (Wildman–Crippen LogP) is 4.71. The van der Waals surface area contributed by atoms with E-state index < -0.39 is 0 Å². The van der Waals surface area contributed by atoms with Gasteiger partial charge in [0.05, 0.1) is 10.7 Å². The Labute approximate surface area is 163 Å². The van der Waals surface area contributed by atoms with Gasteiger partial charge in [-0.25, -0.2) is 4.98 Å². The average molecular weight is 384 g/mol. The maximum Gasteiger partial charge on any atom is 0.0972 e. The average Bonchev–Trinajstić information content (AvgIpc) is 3.10. The number of hydrogen-bond acceptors (Lipinski definition) is 4. The Morgan fingerprint density at radius 1 is 0.962 bits per heavy atom. The number of nitrogens with zero attached hydrogens (tertiary/aromatic N) is 3. The van der Waals surface area contributed by atoms with Crippen molar-refractivity contribution in [2.45, 2.75) is 13.0 Å². The number of halogens is 1. The lowest BCUT2D eigenvalue weighted by Crippen LogP contribution is -2.46. The van der Waals surface area contributed by atoms with Crippen molar-refractivity contribution in [1.29, 1.82) is 0 Å². The van der Waals surface area contributed by atoms with Gasteiger partial charge >= 0.3 is 0 Å². The van der Waals surface area contributed by atoms with E-state index in [2.05, 4.69) is 51.6 Å². The Morgan fingerprint density at radius 2 is 1.77 bits per heavy atom. The van der Waals surface area contributed by atoms with Crippen LogP contribution in [0.15, 0.2) is 60.0 Å². The number of hydrogen-bond donors (Lipinski definition) is 0. The summed E-state index contributed by atoms with van der Waals surface area (Å²) in [6.07, 6.45) is 0.925. The van der Waals surface area contributed by atoms with Gasteiger partial charge in [0.1, 0.15) is 0 Å². The van der Waals surface area contributed by atoms with E-state index in [9.17, 15) is 0 Å². The highest BCUT2D eigenvalue weighted by Crippen LogP contribution is 2.22. The summed E-state index contributed by atoms with van der Waals surface area (Å²) in [5, 5.41) is 4.21. The molecule has 1 aliphatic heterocycles. The molecule has 3 aromatic rings. The van der Waals surface area contributed by atoms with Gasteiger partial charge in [0, 0.05) is 55.2 Å². The van der Waals surface area contributed by atoms with Gasteiger partial charge in [0.15, 0.2) is 0 Å². The molecule has 0 atom stereocenters. The molecule has 0 N–H and O–H groups in total. The normalized spacial score (nSPS) is 15.3. The third kappa shape index (κ3) is 4.44. The number of aromatic nitrogens is 1. The molecule has 1 aromatic heterocycles. The maximum absolute atomic E-state index is 6.12. The van der Waals surface area contributed by atoms with Crippen LogP contribution in [0.2, 0.25) is 5.02 Å². The van der Waals surface area contributed by atoms with Gasteiger partial charge in [-0.2, -0.15) is 0 Å². The lowest BCUT2D eigenvalue weighted by atomic mass is 10.2. The van der Waals surface area contributed by atoms with E-state index in [1.54, 1.807) is 11.3 Å². The molecule has 0 spiro atoms. The van der Waals surface area contributed by atoms with Crippen LogP contribution in [0.3, 0.4) is 0 Å². The van der Waals surface area contributed by atoms with Crippen LogP contribution in [0.5, 0.6) is 0 Å². The highest BCUT2D eigenvalue weighted by atomic mass is 35.5. The fourth-order valence-corrected chi connectivity index (χ4v) is 4.34. The molecular weight excluding hydrogens is 362 g/mol. The van der Waals surface area contributed by atoms with Crippen LogP contribution in [0.1, 0.15) is 16.3 Å². The summed E-state index contributed by atoms with van der Waals surface area (Å²) in [4.78, 5) is 9.73. The summed E-state index contributed by atoms with van der Waals surface area (Å²) in [7, 11) is 0. The highest BCUT2D eigenvalue weighted by molar-refractivity contribution is 7.09. The third-order valence-electron chi connectivity index (χ3n) is 4.73. The van der Waals surface area contributed by atoms with Crippen LogP contribution in [0.25, 0.3) is 0 Å². The number of piperazine rings is 1. The molecule has 0 amide bonds. The fraction of sp³-hybridized carbons (Fsp3) is 0.286. The molecule has 1 saturated heterocycles. The van der Waals surface area contributed by atoms with Gasteiger partial charge in [-0.05, 0) is 23.8 Å². The zero-order chi connectivity index (χ0) is 17.8. The van der Waals surface area contributed by atoms with E-state index in [1.165, 1.54) is 22.0 Å². The number of anilines is 1. The molecular formula is C21H22ClN3S. The molecule has 2 heterocycles. The van der Waals surface area contributed by atoms with E-state index in [0.717, 1.165) is 44.2 Å². The molecule has 2 aromatic carbocycles. The zero-order valence-electron chi connectivity index (χ0n) is 14.6. The van der Waals surface area contributed by atoms with Crippen molar-refractivity contribution in [3.63, 3.8) is 0 Å². The molecule has 0 saturated carbocycles. The molecule has 26 heavy (non-hydrogen) atoms. The molecule has 1 aliphatic rings. The van der Waals surface area contributed by atoms with Crippen LogP contribution in [-0.2, 0) is 13.0 Å². The molecule has 134 valence electrons. The number of benzene rings is 2. The van der Waals surface area contributed by atoms with Gasteiger partial charge in [-0.3, -0.25) is 4.90 Å². The second-order valence-electron chi connectivity index (χ2n) is 6.64. The van der Waals surface area contributed by atoms with Crippen LogP contribution in [0, 0.1) is 0 Å². The second-order valence-corrected chi connectivity index (χ2v) is 8.02. The summed E-state index contributed by atoms with van der Waals surface area (Å²) < 4.78 is 0. The topological polar surface area (TPSA) is 19.4 Å². The lowest BCUT2D eigenvalue weighted by molar-refractivity contribution is 0.247. The van der Waals surface area contributed by atoms with Crippen LogP contribution < -0.4 is 4.90 Å². The first-order valence-corrected chi connectivity index (χ1v) is 10.2. The summed E-state index contributed by atoms with van der Waals surface area (Å²) in [5.41, 5.74) is 3.73. The van der Waals surface area contributed by atoms with Crippen molar-refractivity contribution in [3.05, 3.63) is 81.3 Å². The van der Waals surface area contributed by atoms with Crippen LogP contribution in [-0.4, -0.2) is 36.1 Å². The Morgan fingerprint density at radius 3 is 2.54 bits per heavy atom. The summed E-state index contributed by atoms with van der Waals surface area (Å²) in [6, 6.07) is 18.7. The Hall–Kier alpha value is -1.88. The van der Waals surface area contributed by atoms with E-state index in [4.69, 9.17) is 16.6 Å². The lowest BCUT2D eigenvalue weighted by Gasteiger charge is -2.35. The first kappa shape index (κ1) is 17.5. The van der Waals surface area contributed by atoms with Crippen LogP contribution in [0.4, 0.5) is 5.69 Å². The summed E-state index contributed by atoms with van der Waals surface area (Å²) >= 11 is 7.89. The van der Waals surface area contributed by atoms with Gasteiger partial charge in [0.2, 0.25) is 0 Å². The minimum atomic E-state index is 0.804. The predicted molar refractivity (Wildman–Crippen MR) is 110 cm³/mol. The minimum Gasteiger partial charge on any atom is -0.369 e. The number of thiazole rings is 1. The van der Waals surface area contributed by atoms with Crippen molar-refractivity contribution in [2.24, 2.45) is 0 Å². The molecule has 0 unspecified atom stereocenters. The van der Waals surface area contributed by atoms with Crippen molar-refractivity contribution < 1.29 is 0 Å². The van der Waals surface area contributed by atoms with Gasteiger partial charge in [-0.1, -0.05) is 48.0 Å². The van der Waals surface area contributed by atoms with E-state index in [1.807, 2.05) is 18.2 Å². The van der Waals surface area contributed by atoms with Crippen molar-refractivity contribution in [2.75, 3.05) is 31.1 Å². The monoisotopic (exact) mass is 383 g/mol. The first-order valence-electron chi connectivity index (χ1n) is 8.96. The highest BCUT2D eigenvalue weighted by Gasteiger charge is 2.18. The number of rotatable bonds is 5. The molecule has 5 heteroatoms. The third-order valence-corrected chi connectivity index (χ3v) is 5.86. The Bertz CT molecular complexity index is 841. The van der Waals surface area contributed by atoms with Crippen molar-refractivity contribution in [3.8, 4) is 0 Å². The van der Waals surface area contributed by atoms with Gasteiger partial charge < -0.3 is 4.90 Å². The largest absolute Gasteiger partial charge is 0.369 e. The Balaban J connectivity index is 1.31. The van der Waals surface area contributed by atoms with E-state index in [0.29, 0.717) is 0 Å².